The van der Waals surface area contributed by atoms with Crippen molar-refractivity contribution in [2.75, 3.05) is 31.1 Å². The lowest BCUT2D eigenvalue weighted by Crippen LogP contribution is -2.50. The molecule has 0 spiro atoms. The van der Waals surface area contributed by atoms with Crippen LogP contribution in [-0.2, 0) is 4.74 Å². The molecule has 0 unspecified atom stereocenters. The molecule has 0 saturated carbocycles. The van der Waals surface area contributed by atoms with E-state index in [2.05, 4.69) is 22.9 Å². The van der Waals surface area contributed by atoms with Crippen molar-refractivity contribution in [1.82, 2.24) is 9.88 Å². The quantitative estimate of drug-likeness (QED) is 0.798. The van der Waals surface area contributed by atoms with E-state index >= 15 is 0 Å². The van der Waals surface area contributed by atoms with E-state index in [9.17, 15) is 4.79 Å². The highest BCUT2D eigenvalue weighted by molar-refractivity contribution is 5.68. The van der Waals surface area contributed by atoms with Gasteiger partial charge in [-0.05, 0) is 45.7 Å². The maximum atomic E-state index is 12.0. The summed E-state index contributed by atoms with van der Waals surface area (Å²) in [4.78, 5) is 20.6. The highest BCUT2D eigenvalue weighted by Crippen LogP contribution is 2.20. The molecule has 0 aliphatic carbocycles. The Morgan fingerprint density at radius 3 is 2.33 bits per heavy atom. The highest BCUT2D eigenvalue weighted by atomic mass is 16.6. The minimum atomic E-state index is -0.441. The van der Waals surface area contributed by atoms with Gasteiger partial charge in [0.15, 0.2) is 0 Å². The number of aromatic nitrogens is 1. The molecule has 2 heterocycles. The van der Waals surface area contributed by atoms with Gasteiger partial charge in [0.25, 0.3) is 0 Å². The Hall–Kier alpha value is -1.78. The zero-order valence-electron chi connectivity index (χ0n) is 13.6. The molecule has 1 aliphatic rings. The number of hydrogen-bond donors (Lipinski definition) is 0. The molecular weight excluding hydrogens is 266 g/mol. The second-order valence-corrected chi connectivity index (χ2v) is 6.61. The van der Waals surface area contributed by atoms with Crippen LogP contribution in [0.2, 0.25) is 0 Å². The first-order valence-electron chi connectivity index (χ1n) is 7.42. The third-order valence-corrected chi connectivity index (χ3v) is 3.42. The number of ether oxygens (including phenoxy) is 1. The second kappa shape index (κ2) is 5.92. The van der Waals surface area contributed by atoms with Crippen molar-refractivity contribution in [3.63, 3.8) is 0 Å². The first-order valence-corrected chi connectivity index (χ1v) is 7.42. The van der Waals surface area contributed by atoms with Crippen LogP contribution in [0.4, 0.5) is 10.6 Å². The molecule has 116 valence electrons. The average Bonchev–Trinajstić information content (AvgIpc) is 2.37. The van der Waals surface area contributed by atoms with Gasteiger partial charge in [-0.15, -0.1) is 0 Å². The van der Waals surface area contributed by atoms with Gasteiger partial charge >= 0.3 is 6.09 Å². The third kappa shape index (κ3) is 4.09. The van der Waals surface area contributed by atoms with Crippen molar-refractivity contribution in [1.29, 1.82) is 0 Å². The van der Waals surface area contributed by atoms with E-state index in [0.717, 1.165) is 18.9 Å². The van der Waals surface area contributed by atoms with E-state index in [-0.39, 0.29) is 6.09 Å². The SMILES string of the molecule is Cc1cnc(N2CCN(C(=O)OC(C)(C)C)CC2)c(C)c1. The van der Waals surface area contributed by atoms with E-state index in [0.29, 0.717) is 13.1 Å². The predicted octanol–water partition coefficient (Wildman–Crippen LogP) is 2.76. The smallest absolute Gasteiger partial charge is 0.410 e. The fourth-order valence-corrected chi connectivity index (χ4v) is 2.47. The Labute approximate surface area is 126 Å². The van der Waals surface area contributed by atoms with Crippen LogP contribution in [0.1, 0.15) is 31.9 Å². The zero-order chi connectivity index (χ0) is 15.6. The number of piperazine rings is 1. The molecule has 5 nitrogen and oxygen atoms in total. The topological polar surface area (TPSA) is 45.7 Å². The van der Waals surface area contributed by atoms with Crippen LogP contribution < -0.4 is 4.90 Å². The number of amides is 1. The molecule has 0 atom stereocenters. The van der Waals surface area contributed by atoms with Gasteiger partial charge in [0.2, 0.25) is 0 Å². The summed E-state index contributed by atoms with van der Waals surface area (Å²) in [6, 6.07) is 2.14. The molecule has 2 rings (SSSR count). The summed E-state index contributed by atoms with van der Waals surface area (Å²) in [6.07, 6.45) is 1.67. The molecular formula is C16H25N3O2. The number of pyridine rings is 1. The molecule has 5 heteroatoms. The van der Waals surface area contributed by atoms with Crippen LogP contribution in [0.25, 0.3) is 0 Å². The average molecular weight is 291 g/mol. The predicted molar refractivity (Wildman–Crippen MR) is 83.7 cm³/mol. The molecule has 0 radical (unpaired) electrons. The van der Waals surface area contributed by atoms with Crippen molar-refractivity contribution in [2.24, 2.45) is 0 Å². The van der Waals surface area contributed by atoms with Crippen LogP contribution >= 0.6 is 0 Å². The van der Waals surface area contributed by atoms with E-state index in [1.165, 1.54) is 11.1 Å². The fourth-order valence-electron chi connectivity index (χ4n) is 2.47. The van der Waals surface area contributed by atoms with E-state index in [1.54, 1.807) is 4.90 Å². The summed E-state index contributed by atoms with van der Waals surface area (Å²) in [7, 11) is 0. The number of aryl methyl sites for hydroxylation is 2. The summed E-state index contributed by atoms with van der Waals surface area (Å²) in [5.74, 6) is 1.02. The van der Waals surface area contributed by atoms with Crippen LogP contribution in [-0.4, -0.2) is 47.8 Å². The molecule has 1 fully saturated rings. The van der Waals surface area contributed by atoms with E-state index in [4.69, 9.17) is 4.74 Å². The zero-order valence-corrected chi connectivity index (χ0v) is 13.6. The van der Waals surface area contributed by atoms with Crippen molar-refractivity contribution < 1.29 is 9.53 Å². The second-order valence-electron chi connectivity index (χ2n) is 6.61. The molecule has 0 bridgehead atoms. The summed E-state index contributed by atoms with van der Waals surface area (Å²) >= 11 is 0. The Balaban J connectivity index is 1.95. The summed E-state index contributed by atoms with van der Waals surface area (Å²) in [5, 5.41) is 0. The molecule has 0 N–H and O–H groups in total. The largest absolute Gasteiger partial charge is 0.444 e. The third-order valence-electron chi connectivity index (χ3n) is 3.42. The van der Waals surface area contributed by atoms with Crippen molar-refractivity contribution in [3.8, 4) is 0 Å². The number of anilines is 1. The highest BCUT2D eigenvalue weighted by Gasteiger charge is 2.26. The maximum Gasteiger partial charge on any atom is 0.410 e. The van der Waals surface area contributed by atoms with E-state index < -0.39 is 5.60 Å². The van der Waals surface area contributed by atoms with Crippen molar-refractivity contribution in [3.05, 3.63) is 23.4 Å². The lowest BCUT2D eigenvalue weighted by Gasteiger charge is -2.36. The fraction of sp³-hybridized carbons (Fsp3) is 0.625. The normalized spacial score (nSPS) is 16.0. The number of nitrogens with zero attached hydrogens (tertiary/aromatic N) is 3. The van der Waals surface area contributed by atoms with Gasteiger partial charge in [-0.2, -0.15) is 0 Å². The van der Waals surface area contributed by atoms with Crippen molar-refractivity contribution >= 4 is 11.9 Å². The van der Waals surface area contributed by atoms with Crippen LogP contribution in [0.5, 0.6) is 0 Å². The molecule has 0 aromatic carbocycles. The number of carbonyl (C=O) groups excluding carboxylic acids is 1. The monoisotopic (exact) mass is 291 g/mol. The molecule has 1 amide bonds. The van der Waals surface area contributed by atoms with Gasteiger partial charge in [-0.1, -0.05) is 6.07 Å². The minimum absolute atomic E-state index is 0.226. The van der Waals surface area contributed by atoms with Gasteiger partial charge < -0.3 is 14.5 Å². The number of hydrogen-bond acceptors (Lipinski definition) is 4. The van der Waals surface area contributed by atoms with Gasteiger partial charge in [-0.3, -0.25) is 0 Å². The Kier molecular flexibility index (Phi) is 4.40. The Morgan fingerprint density at radius 1 is 1.19 bits per heavy atom. The number of carbonyl (C=O) groups is 1. The lowest BCUT2D eigenvalue weighted by atomic mass is 10.2. The standard InChI is InChI=1S/C16H25N3O2/c1-12-10-13(2)14(17-11-12)18-6-8-19(9-7-18)15(20)21-16(3,4)5/h10-11H,6-9H2,1-5H3. The number of rotatable bonds is 1. The molecule has 1 aromatic rings. The van der Waals surface area contributed by atoms with Crippen LogP contribution in [0, 0.1) is 13.8 Å². The summed E-state index contributed by atoms with van der Waals surface area (Å²) < 4.78 is 5.41. The van der Waals surface area contributed by atoms with Gasteiger partial charge in [0.05, 0.1) is 0 Å². The molecule has 1 saturated heterocycles. The van der Waals surface area contributed by atoms with Crippen LogP contribution in [0.15, 0.2) is 12.3 Å². The first-order chi connectivity index (χ1) is 9.76. The van der Waals surface area contributed by atoms with Crippen molar-refractivity contribution in [2.45, 2.75) is 40.2 Å². The van der Waals surface area contributed by atoms with Crippen LogP contribution in [0.3, 0.4) is 0 Å². The molecule has 21 heavy (non-hydrogen) atoms. The summed E-state index contributed by atoms with van der Waals surface area (Å²) in [6.45, 7) is 12.7. The maximum absolute atomic E-state index is 12.0. The minimum Gasteiger partial charge on any atom is -0.444 e. The Bertz CT molecular complexity index is 515. The first kappa shape index (κ1) is 15.6. The lowest BCUT2D eigenvalue weighted by molar-refractivity contribution is 0.0240. The van der Waals surface area contributed by atoms with Gasteiger partial charge in [0.1, 0.15) is 11.4 Å². The van der Waals surface area contributed by atoms with E-state index in [1.807, 2.05) is 33.9 Å². The summed E-state index contributed by atoms with van der Waals surface area (Å²) in [5.41, 5.74) is 1.91. The van der Waals surface area contributed by atoms with Gasteiger partial charge in [-0.25, -0.2) is 9.78 Å². The van der Waals surface area contributed by atoms with Gasteiger partial charge in [0, 0.05) is 32.4 Å². The Morgan fingerprint density at radius 2 is 1.81 bits per heavy atom. The molecule has 1 aliphatic heterocycles. The molecule has 1 aromatic heterocycles.